The summed E-state index contributed by atoms with van der Waals surface area (Å²) in [5.74, 6) is 0.874. The zero-order valence-electron chi connectivity index (χ0n) is 7.26. The molecule has 0 heterocycles. The predicted molar refractivity (Wildman–Crippen MR) is 49.4 cm³/mol. The van der Waals surface area contributed by atoms with Gasteiger partial charge in [0.05, 0.1) is 0 Å². The molecular formula is C10H19N. The summed E-state index contributed by atoms with van der Waals surface area (Å²) in [6.07, 6.45) is 9.66. The maximum Gasteiger partial charge on any atom is 0.00671 e. The van der Waals surface area contributed by atoms with E-state index in [0.29, 0.717) is 6.04 Å². The minimum atomic E-state index is 0.500. The summed E-state index contributed by atoms with van der Waals surface area (Å²) in [4.78, 5) is 0. The van der Waals surface area contributed by atoms with Crippen LogP contribution in [0.5, 0.6) is 0 Å². The summed E-state index contributed by atoms with van der Waals surface area (Å²) in [7, 11) is 0. The predicted octanol–water partition coefficient (Wildman–Crippen LogP) is 2.47. The Morgan fingerprint density at radius 3 is 2.73 bits per heavy atom. The third-order valence-electron chi connectivity index (χ3n) is 2.42. The van der Waals surface area contributed by atoms with E-state index in [2.05, 4.69) is 6.58 Å². The lowest BCUT2D eigenvalue weighted by Gasteiger charge is -2.08. The average Bonchev–Trinajstić information content (AvgIpc) is 2.79. The molecule has 1 aliphatic carbocycles. The van der Waals surface area contributed by atoms with Gasteiger partial charge >= 0.3 is 0 Å². The molecule has 1 nitrogen and oxygen atoms in total. The fourth-order valence-corrected chi connectivity index (χ4v) is 1.43. The lowest BCUT2D eigenvalue weighted by molar-refractivity contribution is 0.518. The van der Waals surface area contributed by atoms with E-state index < -0.39 is 0 Å². The summed E-state index contributed by atoms with van der Waals surface area (Å²) < 4.78 is 0. The second-order valence-corrected chi connectivity index (χ2v) is 3.57. The van der Waals surface area contributed by atoms with Crippen LogP contribution in [0, 0.1) is 5.92 Å². The first-order valence-corrected chi connectivity index (χ1v) is 4.71. The van der Waals surface area contributed by atoms with Crippen molar-refractivity contribution in [3.63, 3.8) is 0 Å². The fraction of sp³-hybridized carbons (Fsp3) is 0.800. The molecule has 1 saturated carbocycles. The van der Waals surface area contributed by atoms with Crippen LogP contribution in [0.25, 0.3) is 0 Å². The van der Waals surface area contributed by atoms with Gasteiger partial charge < -0.3 is 5.73 Å². The van der Waals surface area contributed by atoms with Gasteiger partial charge in [0.1, 0.15) is 0 Å². The largest absolute Gasteiger partial charge is 0.327 e. The first kappa shape index (κ1) is 8.79. The zero-order chi connectivity index (χ0) is 8.10. The Kier molecular flexibility index (Phi) is 3.64. The molecule has 0 bridgehead atoms. The van der Waals surface area contributed by atoms with Gasteiger partial charge in [-0.25, -0.2) is 0 Å². The van der Waals surface area contributed by atoms with Gasteiger partial charge in [0.25, 0.3) is 0 Å². The van der Waals surface area contributed by atoms with E-state index in [-0.39, 0.29) is 0 Å². The van der Waals surface area contributed by atoms with Crippen molar-refractivity contribution in [3.8, 4) is 0 Å². The molecule has 1 aliphatic rings. The van der Waals surface area contributed by atoms with Gasteiger partial charge in [0.2, 0.25) is 0 Å². The number of nitrogens with two attached hydrogens (primary N) is 1. The molecule has 2 N–H and O–H groups in total. The number of rotatable bonds is 6. The van der Waals surface area contributed by atoms with Crippen LogP contribution in [0.3, 0.4) is 0 Å². The molecule has 0 spiro atoms. The van der Waals surface area contributed by atoms with Crippen molar-refractivity contribution in [1.82, 2.24) is 0 Å². The van der Waals surface area contributed by atoms with Crippen LogP contribution in [0.2, 0.25) is 0 Å². The highest BCUT2D eigenvalue weighted by atomic mass is 14.7. The maximum absolute atomic E-state index is 5.94. The quantitative estimate of drug-likeness (QED) is 0.460. The zero-order valence-corrected chi connectivity index (χ0v) is 7.26. The fourth-order valence-electron chi connectivity index (χ4n) is 1.43. The van der Waals surface area contributed by atoms with Crippen molar-refractivity contribution in [2.45, 2.75) is 44.6 Å². The summed E-state index contributed by atoms with van der Waals surface area (Å²) >= 11 is 0. The Bertz CT molecular complexity index is 116. The molecule has 0 aromatic heterocycles. The SMILES string of the molecule is C=CCCCCC(N)C1CC1. The molecule has 0 aromatic rings. The van der Waals surface area contributed by atoms with Gasteiger partial charge in [0.15, 0.2) is 0 Å². The minimum absolute atomic E-state index is 0.500. The number of hydrogen-bond donors (Lipinski definition) is 1. The summed E-state index contributed by atoms with van der Waals surface area (Å²) in [5.41, 5.74) is 5.94. The lowest BCUT2D eigenvalue weighted by Crippen LogP contribution is -2.21. The van der Waals surface area contributed by atoms with Crippen LogP contribution >= 0.6 is 0 Å². The van der Waals surface area contributed by atoms with E-state index in [1.165, 1.54) is 32.1 Å². The third-order valence-corrected chi connectivity index (χ3v) is 2.42. The third kappa shape index (κ3) is 3.57. The molecule has 1 rings (SSSR count). The summed E-state index contributed by atoms with van der Waals surface area (Å²) in [6, 6.07) is 0.500. The molecule has 0 aromatic carbocycles. The smallest absolute Gasteiger partial charge is 0.00671 e. The second-order valence-electron chi connectivity index (χ2n) is 3.57. The van der Waals surface area contributed by atoms with Crippen LogP contribution in [0.15, 0.2) is 12.7 Å². The van der Waals surface area contributed by atoms with Crippen LogP contribution in [0.1, 0.15) is 38.5 Å². The van der Waals surface area contributed by atoms with E-state index >= 15 is 0 Å². The Hall–Kier alpha value is -0.300. The van der Waals surface area contributed by atoms with Gasteiger partial charge in [-0.2, -0.15) is 0 Å². The van der Waals surface area contributed by atoms with E-state index in [4.69, 9.17) is 5.73 Å². The van der Waals surface area contributed by atoms with Crippen molar-refractivity contribution in [1.29, 1.82) is 0 Å². The molecule has 1 unspecified atom stereocenters. The van der Waals surface area contributed by atoms with Crippen LogP contribution in [-0.2, 0) is 0 Å². The molecule has 64 valence electrons. The van der Waals surface area contributed by atoms with Crippen molar-refractivity contribution < 1.29 is 0 Å². The standard InChI is InChI=1S/C10H19N/c1-2-3-4-5-6-10(11)9-7-8-9/h2,9-10H,1,3-8,11H2. The molecule has 1 heteroatoms. The number of hydrogen-bond acceptors (Lipinski definition) is 1. The molecule has 1 fully saturated rings. The molecule has 0 amide bonds. The van der Waals surface area contributed by atoms with Gasteiger partial charge in [-0.05, 0) is 38.0 Å². The Balaban J connectivity index is 1.88. The highest BCUT2D eigenvalue weighted by molar-refractivity contribution is 4.83. The van der Waals surface area contributed by atoms with Crippen LogP contribution in [-0.4, -0.2) is 6.04 Å². The van der Waals surface area contributed by atoms with E-state index in [9.17, 15) is 0 Å². The monoisotopic (exact) mass is 153 g/mol. The topological polar surface area (TPSA) is 26.0 Å². The molecule has 0 saturated heterocycles. The van der Waals surface area contributed by atoms with Gasteiger partial charge in [-0.3, -0.25) is 0 Å². The Morgan fingerprint density at radius 1 is 1.45 bits per heavy atom. The van der Waals surface area contributed by atoms with Crippen molar-refractivity contribution in [3.05, 3.63) is 12.7 Å². The van der Waals surface area contributed by atoms with E-state index in [0.717, 1.165) is 12.3 Å². The number of allylic oxidation sites excluding steroid dienone is 1. The molecule has 1 atom stereocenters. The molecule has 11 heavy (non-hydrogen) atoms. The highest BCUT2D eigenvalue weighted by Crippen LogP contribution is 2.33. The molecular weight excluding hydrogens is 134 g/mol. The lowest BCUT2D eigenvalue weighted by atomic mass is 10.1. The normalized spacial score (nSPS) is 19.7. The second kappa shape index (κ2) is 4.55. The first-order chi connectivity index (χ1) is 5.34. The van der Waals surface area contributed by atoms with E-state index in [1.807, 2.05) is 6.08 Å². The highest BCUT2D eigenvalue weighted by Gasteiger charge is 2.27. The number of unbranched alkanes of at least 4 members (excludes halogenated alkanes) is 2. The van der Waals surface area contributed by atoms with Crippen molar-refractivity contribution in [2.24, 2.45) is 11.7 Å². The van der Waals surface area contributed by atoms with Crippen LogP contribution < -0.4 is 5.73 Å². The Labute approximate surface area is 69.7 Å². The van der Waals surface area contributed by atoms with Gasteiger partial charge in [-0.1, -0.05) is 12.5 Å². The molecule has 0 radical (unpaired) electrons. The minimum Gasteiger partial charge on any atom is -0.327 e. The van der Waals surface area contributed by atoms with Crippen molar-refractivity contribution >= 4 is 0 Å². The summed E-state index contributed by atoms with van der Waals surface area (Å²) in [5, 5.41) is 0. The summed E-state index contributed by atoms with van der Waals surface area (Å²) in [6.45, 7) is 3.69. The average molecular weight is 153 g/mol. The van der Waals surface area contributed by atoms with Gasteiger partial charge in [0, 0.05) is 6.04 Å². The maximum atomic E-state index is 5.94. The Morgan fingerprint density at radius 2 is 2.18 bits per heavy atom. The van der Waals surface area contributed by atoms with Crippen molar-refractivity contribution in [2.75, 3.05) is 0 Å². The van der Waals surface area contributed by atoms with Gasteiger partial charge in [-0.15, -0.1) is 6.58 Å². The molecule has 0 aliphatic heterocycles. The van der Waals surface area contributed by atoms with E-state index in [1.54, 1.807) is 0 Å². The first-order valence-electron chi connectivity index (χ1n) is 4.71. The van der Waals surface area contributed by atoms with Crippen LogP contribution in [0.4, 0.5) is 0 Å².